The van der Waals surface area contributed by atoms with Crippen molar-refractivity contribution < 1.29 is 9.18 Å². The highest BCUT2D eigenvalue weighted by molar-refractivity contribution is 5.81. The molecule has 9 heteroatoms. The summed E-state index contributed by atoms with van der Waals surface area (Å²) < 4.78 is 15.5. The molecule has 0 saturated heterocycles. The van der Waals surface area contributed by atoms with E-state index in [-0.39, 0.29) is 30.6 Å². The number of aryl methyl sites for hydroxylation is 2. The topological polar surface area (TPSA) is 115 Å². The Morgan fingerprint density at radius 3 is 2.84 bits per heavy atom. The van der Waals surface area contributed by atoms with Crippen molar-refractivity contribution >= 4 is 17.5 Å². The molecule has 1 aliphatic rings. The van der Waals surface area contributed by atoms with E-state index >= 15 is 0 Å². The van der Waals surface area contributed by atoms with Crippen LogP contribution in [0.3, 0.4) is 0 Å². The SMILES string of the molecule is Cc1ccc(F)c(CNc2ncc3n(c2=O)[C@H](C(=O)NCc2ccc(N)nc2)CC3)c1. The number of nitrogens with one attached hydrogen (secondary N) is 2. The summed E-state index contributed by atoms with van der Waals surface area (Å²) in [6.45, 7) is 2.28. The zero-order chi connectivity index (χ0) is 22.0. The fourth-order valence-corrected chi connectivity index (χ4v) is 3.68. The Labute approximate surface area is 178 Å². The molecule has 0 spiro atoms. The standard InChI is InChI=1S/C22H23FN6O2/c1-13-2-5-17(23)15(8-13)11-26-20-22(31)29-16(12-27-20)4-6-18(29)21(30)28-10-14-3-7-19(24)25-9-14/h2-3,5,7-9,12,18H,4,6,10-11H2,1H3,(H2,24,25)(H,26,27)(H,28,30)/t18-/m0/s1. The molecule has 3 aromatic rings. The maximum Gasteiger partial charge on any atom is 0.294 e. The predicted molar refractivity (Wildman–Crippen MR) is 115 cm³/mol. The molecule has 0 bridgehead atoms. The van der Waals surface area contributed by atoms with Crippen LogP contribution in [0.15, 0.2) is 47.5 Å². The molecule has 0 radical (unpaired) electrons. The van der Waals surface area contributed by atoms with Gasteiger partial charge in [-0.25, -0.2) is 14.4 Å². The monoisotopic (exact) mass is 422 g/mol. The lowest BCUT2D eigenvalue weighted by atomic mass is 10.1. The second kappa shape index (κ2) is 8.55. The Hall–Kier alpha value is -3.75. The maximum atomic E-state index is 14.0. The normalized spacial score (nSPS) is 14.8. The van der Waals surface area contributed by atoms with Crippen molar-refractivity contribution in [3.05, 3.63) is 81.3 Å². The number of pyridine rings is 1. The highest BCUT2D eigenvalue weighted by atomic mass is 19.1. The number of fused-ring (bicyclic) bond motifs is 1. The van der Waals surface area contributed by atoms with Gasteiger partial charge in [0.25, 0.3) is 5.56 Å². The Balaban J connectivity index is 1.48. The number of nitrogens with zero attached hydrogens (tertiary/aromatic N) is 3. The first-order chi connectivity index (χ1) is 14.9. The summed E-state index contributed by atoms with van der Waals surface area (Å²) in [6.07, 6.45) is 4.28. The summed E-state index contributed by atoms with van der Waals surface area (Å²) in [6, 6.07) is 7.63. The fraction of sp³-hybridized carbons (Fsp3) is 0.273. The van der Waals surface area contributed by atoms with E-state index in [0.717, 1.165) is 11.1 Å². The third-order valence-corrected chi connectivity index (χ3v) is 5.32. The highest BCUT2D eigenvalue weighted by Gasteiger charge is 2.30. The molecule has 0 saturated carbocycles. The number of nitrogen functional groups attached to an aromatic ring is 1. The summed E-state index contributed by atoms with van der Waals surface area (Å²) in [4.78, 5) is 34.0. The van der Waals surface area contributed by atoms with Gasteiger partial charge in [-0.15, -0.1) is 0 Å². The molecule has 1 atom stereocenters. The number of carbonyl (C=O) groups excluding carboxylic acids is 1. The second-order valence-electron chi connectivity index (χ2n) is 7.59. The van der Waals surface area contributed by atoms with E-state index in [9.17, 15) is 14.0 Å². The largest absolute Gasteiger partial charge is 0.384 e. The molecule has 1 aromatic carbocycles. The molecule has 31 heavy (non-hydrogen) atoms. The van der Waals surface area contributed by atoms with Crippen LogP contribution in [-0.2, 0) is 24.3 Å². The Morgan fingerprint density at radius 1 is 1.23 bits per heavy atom. The van der Waals surface area contributed by atoms with Crippen molar-refractivity contribution in [2.45, 2.75) is 38.9 Å². The van der Waals surface area contributed by atoms with Gasteiger partial charge in [0.1, 0.15) is 17.7 Å². The minimum atomic E-state index is -0.622. The van der Waals surface area contributed by atoms with E-state index in [1.54, 1.807) is 36.7 Å². The van der Waals surface area contributed by atoms with Crippen LogP contribution < -0.4 is 21.9 Å². The number of carbonyl (C=O) groups is 1. The van der Waals surface area contributed by atoms with Gasteiger partial charge in [0.2, 0.25) is 5.91 Å². The molecular weight excluding hydrogens is 399 g/mol. The first kappa shape index (κ1) is 20.5. The molecule has 160 valence electrons. The molecule has 0 aliphatic carbocycles. The molecule has 4 rings (SSSR count). The lowest BCUT2D eigenvalue weighted by Crippen LogP contribution is -2.36. The van der Waals surface area contributed by atoms with Gasteiger partial charge in [0, 0.05) is 36.7 Å². The molecule has 0 unspecified atom stereocenters. The van der Waals surface area contributed by atoms with E-state index in [2.05, 4.69) is 20.6 Å². The van der Waals surface area contributed by atoms with Crippen LogP contribution in [0.5, 0.6) is 0 Å². The third kappa shape index (κ3) is 4.40. The zero-order valence-corrected chi connectivity index (χ0v) is 17.1. The van der Waals surface area contributed by atoms with Crippen molar-refractivity contribution in [3.63, 3.8) is 0 Å². The summed E-state index contributed by atoms with van der Waals surface area (Å²) in [7, 11) is 0. The average Bonchev–Trinajstić information content (AvgIpc) is 3.20. The summed E-state index contributed by atoms with van der Waals surface area (Å²) >= 11 is 0. The molecule has 1 amide bonds. The second-order valence-corrected chi connectivity index (χ2v) is 7.59. The van der Waals surface area contributed by atoms with Gasteiger partial charge in [0.15, 0.2) is 5.82 Å². The number of hydrogen-bond acceptors (Lipinski definition) is 6. The van der Waals surface area contributed by atoms with Crippen LogP contribution in [0.4, 0.5) is 16.0 Å². The van der Waals surface area contributed by atoms with E-state index in [1.165, 1.54) is 10.6 Å². The molecule has 8 nitrogen and oxygen atoms in total. The Bertz CT molecular complexity index is 1180. The predicted octanol–water partition coefficient (Wildman–Crippen LogP) is 2.08. The molecule has 3 heterocycles. The van der Waals surface area contributed by atoms with Gasteiger partial charge < -0.3 is 16.4 Å². The fourth-order valence-electron chi connectivity index (χ4n) is 3.68. The van der Waals surface area contributed by atoms with Crippen molar-refractivity contribution in [2.75, 3.05) is 11.1 Å². The van der Waals surface area contributed by atoms with Crippen LogP contribution in [0.25, 0.3) is 0 Å². The van der Waals surface area contributed by atoms with E-state index in [0.29, 0.717) is 29.9 Å². The minimum Gasteiger partial charge on any atom is -0.384 e. The number of halogens is 1. The molecule has 2 aromatic heterocycles. The third-order valence-electron chi connectivity index (χ3n) is 5.32. The number of benzene rings is 1. The van der Waals surface area contributed by atoms with Crippen LogP contribution in [0.2, 0.25) is 0 Å². The zero-order valence-electron chi connectivity index (χ0n) is 17.1. The molecule has 1 aliphatic heterocycles. The quantitative estimate of drug-likeness (QED) is 0.560. The number of amides is 1. The van der Waals surface area contributed by atoms with Crippen molar-refractivity contribution in [1.29, 1.82) is 0 Å². The Morgan fingerprint density at radius 2 is 2.06 bits per heavy atom. The van der Waals surface area contributed by atoms with Crippen molar-refractivity contribution in [3.8, 4) is 0 Å². The number of anilines is 2. The van der Waals surface area contributed by atoms with Gasteiger partial charge in [-0.05, 0) is 37.5 Å². The number of nitrogens with two attached hydrogens (primary N) is 1. The van der Waals surface area contributed by atoms with Crippen LogP contribution in [0.1, 0.15) is 34.8 Å². The van der Waals surface area contributed by atoms with Crippen LogP contribution in [0, 0.1) is 12.7 Å². The number of rotatable bonds is 6. The van der Waals surface area contributed by atoms with Gasteiger partial charge in [0.05, 0.1) is 0 Å². The summed E-state index contributed by atoms with van der Waals surface area (Å²) in [5, 5.41) is 5.76. The molecular formula is C22H23FN6O2. The van der Waals surface area contributed by atoms with E-state index < -0.39 is 11.6 Å². The number of hydrogen-bond donors (Lipinski definition) is 3. The average molecular weight is 422 g/mol. The van der Waals surface area contributed by atoms with E-state index in [4.69, 9.17) is 5.73 Å². The Kier molecular flexibility index (Phi) is 5.66. The minimum absolute atomic E-state index is 0.0899. The van der Waals surface area contributed by atoms with Crippen LogP contribution >= 0.6 is 0 Å². The van der Waals surface area contributed by atoms with Gasteiger partial charge in [-0.2, -0.15) is 0 Å². The summed E-state index contributed by atoms with van der Waals surface area (Å²) in [5.74, 6) is -0.107. The van der Waals surface area contributed by atoms with Gasteiger partial charge in [-0.1, -0.05) is 23.8 Å². The summed E-state index contributed by atoms with van der Waals surface area (Å²) in [5.41, 5.74) is 8.06. The molecule has 0 fully saturated rings. The highest BCUT2D eigenvalue weighted by Crippen LogP contribution is 2.24. The van der Waals surface area contributed by atoms with E-state index in [1.807, 2.05) is 6.92 Å². The first-order valence-electron chi connectivity index (χ1n) is 10.00. The van der Waals surface area contributed by atoms with Gasteiger partial charge in [-0.3, -0.25) is 14.2 Å². The first-order valence-corrected chi connectivity index (χ1v) is 10.00. The van der Waals surface area contributed by atoms with Crippen molar-refractivity contribution in [2.24, 2.45) is 0 Å². The van der Waals surface area contributed by atoms with Gasteiger partial charge >= 0.3 is 0 Å². The lowest BCUT2D eigenvalue weighted by molar-refractivity contribution is -0.124. The number of aromatic nitrogens is 3. The lowest BCUT2D eigenvalue weighted by Gasteiger charge is -2.16. The van der Waals surface area contributed by atoms with Crippen molar-refractivity contribution in [1.82, 2.24) is 19.9 Å². The smallest absolute Gasteiger partial charge is 0.294 e. The molecule has 4 N–H and O–H groups in total. The van der Waals surface area contributed by atoms with Crippen LogP contribution in [-0.4, -0.2) is 20.4 Å². The maximum absolute atomic E-state index is 14.0.